The number of halogens is 4. The van der Waals surface area contributed by atoms with Gasteiger partial charge in [0.1, 0.15) is 0 Å². The molecule has 1 aliphatic carbocycles. The van der Waals surface area contributed by atoms with Crippen LogP contribution in [-0.2, 0) is 28.0 Å². The maximum atomic E-state index is 14.8. The third kappa shape index (κ3) is 5.62. The zero-order valence-electron chi connectivity index (χ0n) is 23.5. The molecule has 1 aliphatic heterocycles. The van der Waals surface area contributed by atoms with Crippen LogP contribution < -0.4 is 15.4 Å². The average Bonchev–Trinajstić information content (AvgIpc) is 3.27. The van der Waals surface area contributed by atoms with Gasteiger partial charge in [-0.15, -0.1) is 0 Å². The molecule has 0 spiro atoms. The fraction of sp³-hybridized carbons (Fsp3) is 0.536. The van der Waals surface area contributed by atoms with E-state index in [9.17, 15) is 27.5 Å². The van der Waals surface area contributed by atoms with Crippen LogP contribution in [0.4, 0.5) is 23.4 Å². The molecule has 5 rings (SSSR count). The van der Waals surface area contributed by atoms with E-state index in [2.05, 4.69) is 30.4 Å². The van der Waals surface area contributed by atoms with Gasteiger partial charge in [0.25, 0.3) is 0 Å². The Kier molecular flexibility index (Phi) is 8.07. The van der Waals surface area contributed by atoms with E-state index >= 15 is 0 Å². The van der Waals surface area contributed by atoms with E-state index in [1.165, 1.54) is 10.7 Å². The summed E-state index contributed by atoms with van der Waals surface area (Å²) < 4.78 is 65.6. The first kappa shape index (κ1) is 30.0. The summed E-state index contributed by atoms with van der Waals surface area (Å²) in [5, 5.41) is 21.4. The molecule has 1 saturated heterocycles. The molecule has 10 nitrogen and oxygen atoms in total. The molecule has 1 unspecified atom stereocenters. The summed E-state index contributed by atoms with van der Waals surface area (Å²) in [6.07, 6.45) is -0.770. The van der Waals surface area contributed by atoms with Crippen LogP contribution in [0.15, 0.2) is 36.5 Å². The van der Waals surface area contributed by atoms with Crippen molar-refractivity contribution in [2.75, 3.05) is 39.2 Å². The minimum absolute atomic E-state index is 0.0429. The van der Waals surface area contributed by atoms with Crippen LogP contribution in [0.1, 0.15) is 36.8 Å². The molecule has 42 heavy (non-hydrogen) atoms. The number of ether oxygens (including phenoxy) is 2. The van der Waals surface area contributed by atoms with E-state index in [0.29, 0.717) is 50.5 Å². The van der Waals surface area contributed by atoms with Gasteiger partial charge in [-0.25, -0.2) is 4.98 Å². The first-order chi connectivity index (χ1) is 19.9. The van der Waals surface area contributed by atoms with E-state index in [1.807, 2.05) is 6.07 Å². The molecule has 2 aliphatic rings. The number of methoxy groups -OCH3 is 2. The van der Waals surface area contributed by atoms with Gasteiger partial charge in [-0.05, 0) is 43.9 Å². The molecule has 3 aromatic rings. The third-order valence-corrected chi connectivity index (χ3v) is 8.34. The predicted octanol–water partition coefficient (Wildman–Crippen LogP) is 3.35. The van der Waals surface area contributed by atoms with E-state index in [0.717, 1.165) is 30.5 Å². The van der Waals surface area contributed by atoms with Crippen molar-refractivity contribution in [2.24, 2.45) is 7.05 Å². The lowest BCUT2D eigenvalue weighted by Crippen LogP contribution is -2.63. The number of fused-ring (bicyclic) bond motifs is 1. The lowest BCUT2D eigenvalue weighted by atomic mass is 9.77. The minimum Gasteiger partial charge on any atom is -0.481 e. The van der Waals surface area contributed by atoms with Crippen molar-refractivity contribution in [3.8, 4) is 5.88 Å². The second-order valence-corrected chi connectivity index (χ2v) is 10.9. The minimum atomic E-state index is -5.28. The zero-order chi connectivity index (χ0) is 30.3. The monoisotopic (exact) mass is 594 g/mol. The lowest BCUT2D eigenvalue weighted by molar-refractivity contribution is -0.333. The van der Waals surface area contributed by atoms with E-state index in [1.54, 1.807) is 26.4 Å². The summed E-state index contributed by atoms with van der Waals surface area (Å²) in [6, 6.07) is 7.21. The Morgan fingerprint density at radius 2 is 1.86 bits per heavy atom. The maximum Gasteiger partial charge on any atom is 0.453 e. The molecule has 1 atom stereocenters. The van der Waals surface area contributed by atoms with Gasteiger partial charge in [-0.3, -0.25) is 14.4 Å². The number of carbonyl (C=O) groups excluding carboxylic acids is 1. The standard InChI is InChI=1S/C28H34F4N6O4/c1-37-22-6-4-17(27(29,42-3)28(30,31)32)12-21(22)25(36-37)34-14-23(39)35-19-15-38(16-19)20-8-10-26(40,11-9-20)18-5-7-24(41-2)33-13-18/h4-7,12-13,19-20,40H,8-11,14-16H2,1-3H3,(H,34,36)(H,35,39)/t20-,26-,27?. The van der Waals surface area contributed by atoms with E-state index in [4.69, 9.17) is 4.74 Å². The quantitative estimate of drug-likeness (QED) is 0.324. The van der Waals surface area contributed by atoms with Gasteiger partial charge in [0.05, 0.1) is 30.8 Å². The maximum absolute atomic E-state index is 14.8. The highest BCUT2D eigenvalue weighted by Gasteiger charge is 2.58. The normalized spacial score (nSPS) is 23.3. The van der Waals surface area contributed by atoms with Crippen molar-refractivity contribution in [3.63, 3.8) is 0 Å². The Bertz CT molecular complexity index is 1420. The lowest BCUT2D eigenvalue weighted by Gasteiger charge is -2.48. The number of aromatic nitrogens is 3. The van der Waals surface area contributed by atoms with Crippen molar-refractivity contribution < 1.29 is 36.9 Å². The molecule has 1 aromatic carbocycles. The number of anilines is 1. The van der Waals surface area contributed by atoms with Gasteiger partial charge < -0.3 is 25.2 Å². The molecular weight excluding hydrogens is 560 g/mol. The number of nitrogens with one attached hydrogen (secondary N) is 2. The number of pyridine rings is 1. The van der Waals surface area contributed by atoms with Gasteiger partial charge >= 0.3 is 12.0 Å². The SMILES string of the molecule is COc1ccc([C@]2(O)CC[C@H](N3CC(NC(=O)CNc4nn(C)c5ccc(C(F)(OC)C(F)(F)F)cc45)C3)CC2)cn1. The number of nitrogens with zero attached hydrogens (tertiary/aromatic N) is 4. The van der Waals surface area contributed by atoms with Crippen molar-refractivity contribution >= 4 is 22.6 Å². The number of aryl methyl sites for hydroxylation is 1. The number of rotatable bonds is 9. The number of carbonyl (C=O) groups is 1. The van der Waals surface area contributed by atoms with Gasteiger partial charge in [-0.1, -0.05) is 6.07 Å². The Morgan fingerprint density at radius 1 is 1.14 bits per heavy atom. The molecule has 0 bridgehead atoms. The number of alkyl halides is 4. The summed E-state index contributed by atoms with van der Waals surface area (Å²) in [7, 11) is 3.79. The van der Waals surface area contributed by atoms with Gasteiger partial charge in [0, 0.05) is 62.1 Å². The number of hydrogen-bond donors (Lipinski definition) is 3. The highest BCUT2D eigenvalue weighted by Crippen LogP contribution is 2.44. The van der Waals surface area contributed by atoms with Crippen LogP contribution in [0.5, 0.6) is 5.88 Å². The number of hydrogen-bond acceptors (Lipinski definition) is 8. The van der Waals surface area contributed by atoms with Crippen LogP contribution in [0.3, 0.4) is 0 Å². The zero-order valence-corrected chi connectivity index (χ0v) is 23.5. The molecule has 3 N–H and O–H groups in total. The van der Waals surface area contributed by atoms with Crippen molar-refractivity contribution in [2.45, 2.75) is 55.4 Å². The molecule has 0 radical (unpaired) electrons. The highest BCUT2D eigenvalue weighted by molar-refractivity contribution is 5.92. The van der Waals surface area contributed by atoms with Crippen molar-refractivity contribution in [1.82, 2.24) is 25.0 Å². The molecule has 228 valence electrons. The second-order valence-electron chi connectivity index (χ2n) is 10.9. The smallest absolute Gasteiger partial charge is 0.453 e. The Labute approximate surface area is 240 Å². The van der Waals surface area contributed by atoms with Crippen LogP contribution >= 0.6 is 0 Å². The summed E-state index contributed by atoms with van der Waals surface area (Å²) in [5.41, 5.74) is -0.400. The number of likely N-dealkylation sites (tertiary alicyclic amines) is 1. The Hall–Kier alpha value is -3.49. The first-order valence-corrected chi connectivity index (χ1v) is 13.6. The van der Waals surface area contributed by atoms with Gasteiger partial charge in [0.15, 0.2) is 5.82 Å². The molecular formula is C28H34F4N6O4. The number of aliphatic hydroxyl groups is 1. The van der Waals surface area contributed by atoms with Crippen LogP contribution in [-0.4, -0.2) is 82.8 Å². The molecule has 2 aromatic heterocycles. The molecule has 1 saturated carbocycles. The predicted molar refractivity (Wildman–Crippen MR) is 145 cm³/mol. The molecule has 2 fully saturated rings. The topological polar surface area (TPSA) is 114 Å². The van der Waals surface area contributed by atoms with Crippen LogP contribution in [0.25, 0.3) is 10.9 Å². The Morgan fingerprint density at radius 3 is 2.45 bits per heavy atom. The highest BCUT2D eigenvalue weighted by atomic mass is 19.4. The average molecular weight is 595 g/mol. The van der Waals surface area contributed by atoms with Crippen LogP contribution in [0, 0.1) is 0 Å². The fourth-order valence-corrected chi connectivity index (χ4v) is 5.85. The van der Waals surface area contributed by atoms with Crippen LogP contribution in [0.2, 0.25) is 0 Å². The van der Waals surface area contributed by atoms with E-state index in [-0.39, 0.29) is 29.7 Å². The van der Waals surface area contributed by atoms with Gasteiger partial charge in [-0.2, -0.15) is 22.7 Å². The molecule has 3 heterocycles. The summed E-state index contributed by atoms with van der Waals surface area (Å²) in [4.78, 5) is 19.1. The third-order valence-electron chi connectivity index (χ3n) is 8.34. The molecule has 14 heteroatoms. The van der Waals surface area contributed by atoms with Crippen molar-refractivity contribution in [1.29, 1.82) is 0 Å². The fourth-order valence-electron chi connectivity index (χ4n) is 5.85. The summed E-state index contributed by atoms with van der Waals surface area (Å²) in [5.74, 6) is -3.63. The Balaban J connectivity index is 1.12. The second kappa shape index (κ2) is 11.3. The molecule has 1 amide bonds. The first-order valence-electron chi connectivity index (χ1n) is 13.6. The summed E-state index contributed by atoms with van der Waals surface area (Å²) in [6.45, 7) is 1.20. The van der Waals surface area contributed by atoms with Gasteiger partial charge in [0.2, 0.25) is 11.8 Å². The largest absolute Gasteiger partial charge is 0.481 e. The van der Waals surface area contributed by atoms with Crippen molar-refractivity contribution in [3.05, 3.63) is 47.7 Å². The summed E-state index contributed by atoms with van der Waals surface area (Å²) >= 11 is 0. The number of benzene rings is 1. The number of amides is 1. The van der Waals surface area contributed by atoms with E-state index < -0.39 is 23.2 Å².